The van der Waals surface area contributed by atoms with Crippen molar-refractivity contribution in [3.05, 3.63) is 29.3 Å². The van der Waals surface area contributed by atoms with E-state index in [-0.39, 0.29) is 5.60 Å². The molecule has 0 aliphatic heterocycles. The molecule has 0 amide bonds. The van der Waals surface area contributed by atoms with E-state index < -0.39 is 0 Å². The van der Waals surface area contributed by atoms with E-state index >= 15 is 0 Å². The van der Waals surface area contributed by atoms with Crippen LogP contribution in [0.4, 0.5) is 0 Å². The molecule has 2 rings (SSSR count). The monoisotopic (exact) mass is 263 g/mol. The number of benzene rings is 1. The summed E-state index contributed by atoms with van der Waals surface area (Å²) in [5, 5.41) is 3.35. The van der Waals surface area contributed by atoms with Crippen molar-refractivity contribution < 1.29 is 9.47 Å². The zero-order valence-corrected chi connectivity index (χ0v) is 12.5. The van der Waals surface area contributed by atoms with Crippen LogP contribution < -0.4 is 10.1 Å². The maximum absolute atomic E-state index is 5.84. The van der Waals surface area contributed by atoms with Crippen LogP contribution in [0.3, 0.4) is 0 Å². The van der Waals surface area contributed by atoms with Gasteiger partial charge < -0.3 is 14.8 Å². The lowest BCUT2D eigenvalue weighted by Crippen LogP contribution is -2.25. The predicted molar refractivity (Wildman–Crippen MR) is 77.8 cm³/mol. The molecular formula is C16H25NO2. The Labute approximate surface area is 116 Å². The third-order valence-corrected chi connectivity index (χ3v) is 4.07. The highest BCUT2D eigenvalue weighted by Gasteiger charge is 2.21. The molecule has 0 saturated heterocycles. The number of nitrogens with one attached hydrogen (secondary N) is 1. The molecule has 0 radical (unpaired) electrons. The topological polar surface area (TPSA) is 30.5 Å². The number of hydrogen-bond acceptors (Lipinski definition) is 3. The van der Waals surface area contributed by atoms with Gasteiger partial charge in [0.25, 0.3) is 0 Å². The Morgan fingerprint density at radius 3 is 2.84 bits per heavy atom. The van der Waals surface area contributed by atoms with Gasteiger partial charge >= 0.3 is 0 Å². The Hall–Kier alpha value is -1.06. The summed E-state index contributed by atoms with van der Waals surface area (Å²) in [6.07, 6.45) is 3.22. The van der Waals surface area contributed by atoms with Crippen LogP contribution in [-0.2, 0) is 11.2 Å². The molecule has 1 aromatic rings. The van der Waals surface area contributed by atoms with Crippen LogP contribution in [0.15, 0.2) is 18.2 Å². The van der Waals surface area contributed by atoms with Crippen LogP contribution in [0.1, 0.15) is 43.9 Å². The fraction of sp³-hybridized carbons (Fsp3) is 0.625. The zero-order valence-electron chi connectivity index (χ0n) is 12.5. The Morgan fingerprint density at radius 2 is 2.16 bits per heavy atom. The SMILES string of the molecule is CNC1CCc2cc(OCCC(C)(C)OC)ccc21. The standard InChI is InChI=1S/C16H25NO2/c1-16(2,18-4)9-10-19-13-6-7-14-12(11-13)5-8-15(14)17-3/h6-7,11,15,17H,5,8-10H2,1-4H3. The molecule has 1 atom stereocenters. The maximum atomic E-state index is 5.84. The Balaban J connectivity index is 1.93. The first kappa shape index (κ1) is 14.4. The van der Waals surface area contributed by atoms with Crippen LogP contribution >= 0.6 is 0 Å². The number of fused-ring (bicyclic) bond motifs is 1. The second kappa shape index (κ2) is 5.93. The van der Waals surface area contributed by atoms with Crippen molar-refractivity contribution in [2.75, 3.05) is 20.8 Å². The number of ether oxygens (including phenoxy) is 2. The molecule has 0 heterocycles. The summed E-state index contributed by atoms with van der Waals surface area (Å²) in [6, 6.07) is 6.97. The van der Waals surface area contributed by atoms with Gasteiger partial charge in [-0.25, -0.2) is 0 Å². The quantitative estimate of drug-likeness (QED) is 0.855. The molecule has 0 saturated carbocycles. The first-order chi connectivity index (χ1) is 9.05. The molecule has 1 unspecified atom stereocenters. The van der Waals surface area contributed by atoms with Gasteiger partial charge in [0, 0.05) is 19.6 Å². The zero-order chi connectivity index (χ0) is 13.9. The smallest absolute Gasteiger partial charge is 0.119 e. The van der Waals surface area contributed by atoms with Gasteiger partial charge in [0.05, 0.1) is 12.2 Å². The van der Waals surface area contributed by atoms with Crippen LogP contribution in [0.25, 0.3) is 0 Å². The van der Waals surface area contributed by atoms with Crippen molar-refractivity contribution >= 4 is 0 Å². The Bertz CT molecular complexity index is 429. The summed E-state index contributed by atoms with van der Waals surface area (Å²) in [5.74, 6) is 0.974. The minimum Gasteiger partial charge on any atom is -0.493 e. The lowest BCUT2D eigenvalue weighted by Gasteiger charge is -2.22. The van der Waals surface area contributed by atoms with Crippen LogP contribution in [0.5, 0.6) is 5.75 Å². The van der Waals surface area contributed by atoms with E-state index in [1.807, 2.05) is 7.05 Å². The second-order valence-electron chi connectivity index (χ2n) is 5.80. The van der Waals surface area contributed by atoms with Gasteiger partial charge in [0.2, 0.25) is 0 Å². The highest BCUT2D eigenvalue weighted by Crippen LogP contribution is 2.33. The van der Waals surface area contributed by atoms with Gasteiger partial charge in [-0.05, 0) is 57.0 Å². The van der Waals surface area contributed by atoms with Crippen LogP contribution in [0.2, 0.25) is 0 Å². The first-order valence-corrected chi connectivity index (χ1v) is 7.04. The number of rotatable bonds is 6. The number of hydrogen-bond donors (Lipinski definition) is 1. The van der Waals surface area contributed by atoms with Crippen LogP contribution in [-0.4, -0.2) is 26.4 Å². The van der Waals surface area contributed by atoms with Gasteiger partial charge in [0.1, 0.15) is 5.75 Å². The van der Waals surface area contributed by atoms with Gasteiger partial charge in [0.15, 0.2) is 0 Å². The summed E-state index contributed by atoms with van der Waals surface area (Å²) in [6.45, 7) is 4.85. The molecule has 1 aliphatic rings. The molecular weight excluding hydrogens is 238 g/mol. The van der Waals surface area contributed by atoms with Crippen molar-refractivity contribution in [3.63, 3.8) is 0 Å². The molecule has 0 aromatic heterocycles. The van der Waals surface area contributed by atoms with E-state index in [9.17, 15) is 0 Å². The summed E-state index contributed by atoms with van der Waals surface area (Å²) in [4.78, 5) is 0. The molecule has 0 fully saturated rings. The Kier molecular flexibility index (Phi) is 4.48. The minimum atomic E-state index is -0.117. The van der Waals surface area contributed by atoms with E-state index in [4.69, 9.17) is 9.47 Å². The van der Waals surface area contributed by atoms with Gasteiger partial charge in [-0.15, -0.1) is 0 Å². The molecule has 3 heteroatoms. The Morgan fingerprint density at radius 1 is 1.37 bits per heavy atom. The van der Waals surface area contributed by atoms with E-state index in [0.29, 0.717) is 12.6 Å². The molecule has 3 nitrogen and oxygen atoms in total. The summed E-state index contributed by atoms with van der Waals surface area (Å²) in [5.41, 5.74) is 2.73. The van der Waals surface area contributed by atoms with Crippen LogP contribution in [0, 0.1) is 0 Å². The summed E-state index contributed by atoms with van der Waals surface area (Å²) < 4.78 is 11.2. The van der Waals surface area contributed by atoms with E-state index in [2.05, 4.69) is 37.4 Å². The van der Waals surface area contributed by atoms with E-state index in [1.165, 1.54) is 17.5 Å². The van der Waals surface area contributed by atoms with E-state index in [1.54, 1.807) is 7.11 Å². The van der Waals surface area contributed by atoms with Gasteiger partial charge in [-0.1, -0.05) is 6.07 Å². The van der Waals surface area contributed by atoms with E-state index in [0.717, 1.165) is 18.6 Å². The molecule has 1 aromatic carbocycles. The normalized spacial score (nSPS) is 18.4. The van der Waals surface area contributed by atoms with Crippen molar-refractivity contribution in [2.24, 2.45) is 0 Å². The molecule has 19 heavy (non-hydrogen) atoms. The first-order valence-electron chi connectivity index (χ1n) is 7.04. The maximum Gasteiger partial charge on any atom is 0.119 e. The molecule has 106 valence electrons. The molecule has 0 spiro atoms. The van der Waals surface area contributed by atoms with Crippen molar-refractivity contribution in [2.45, 2.75) is 44.8 Å². The van der Waals surface area contributed by atoms with Gasteiger partial charge in [-0.2, -0.15) is 0 Å². The van der Waals surface area contributed by atoms with Crippen molar-refractivity contribution in [3.8, 4) is 5.75 Å². The number of methoxy groups -OCH3 is 1. The lowest BCUT2D eigenvalue weighted by molar-refractivity contribution is 0.00545. The summed E-state index contributed by atoms with van der Waals surface area (Å²) in [7, 11) is 3.77. The molecule has 0 bridgehead atoms. The average Bonchev–Trinajstić information content (AvgIpc) is 2.81. The number of aryl methyl sites for hydroxylation is 1. The van der Waals surface area contributed by atoms with Crippen molar-refractivity contribution in [1.82, 2.24) is 5.32 Å². The second-order valence-corrected chi connectivity index (χ2v) is 5.80. The average molecular weight is 263 g/mol. The van der Waals surface area contributed by atoms with Gasteiger partial charge in [-0.3, -0.25) is 0 Å². The lowest BCUT2D eigenvalue weighted by atomic mass is 10.1. The highest BCUT2D eigenvalue weighted by atomic mass is 16.5. The highest BCUT2D eigenvalue weighted by molar-refractivity contribution is 5.40. The minimum absolute atomic E-state index is 0.117. The fourth-order valence-electron chi connectivity index (χ4n) is 2.50. The molecule has 1 aliphatic carbocycles. The predicted octanol–water partition coefficient (Wildman–Crippen LogP) is 3.09. The third-order valence-electron chi connectivity index (χ3n) is 4.07. The fourth-order valence-corrected chi connectivity index (χ4v) is 2.50. The summed E-state index contributed by atoms with van der Waals surface area (Å²) >= 11 is 0. The third kappa shape index (κ3) is 3.48. The largest absolute Gasteiger partial charge is 0.493 e. The van der Waals surface area contributed by atoms with Crippen molar-refractivity contribution in [1.29, 1.82) is 0 Å². The molecule has 1 N–H and O–H groups in total.